The fourth-order valence-electron chi connectivity index (χ4n) is 5.18. The minimum absolute atomic E-state index is 0.000471. The van der Waals surface area contributed by atoms with Gasteiger partial charge in [-0.3, -0.25) is 14.0 Å². The maximum atomic E-state index is 13.9. The number of carbonyl (C=O) groups is 2. The van der Waals surface area contributed by atoms with Gasteiger partial charge in [-0.2, -0.15) is 0 Å². The van der Waals surface area contributed by atoms with Crippen molar-refractivity contribution in [2.24, 2.45) is 17.8 Å². The number of rotatable bonds is 10. The maximum absolute atomic E-state index is 13.9. The summed E-state index contributed by atoms with van der Waals surface area (Å²) in [5.74, 6) is -4.69. The molecule has 2 saturated carbocycles. The van der Waals surface area contributed by atoms with Crippen LogP contribution in [0.2, 0.25) is 0 Å². The van der Waals surface area contributed by atoms with Gasteiger partial charge in [-0.15, -0.1) is 0 Å². The van der Waals surface area contributed by atoms with Crippen LogP contribution in [0.25, 0.3) is 5.78 Å². The Morgan fingerprint density at radius 1 is 1.05 bits per heavy atom. The molecule has 2 fully saturated rings. The summed E-state index contributed by atoms with van der Waals surface area (Å²) in [6, 6.07) is 0.595. The van der Waals surface area contributed by atoms with Gasteiger partial charge in [0.05, 0.1) is 23.5 Å². The normalized spacial score (nSPS) is 19.9. The van der Waals surface area contributed by atoms with E-state index in [-0.39, 0.29) is 49.6 Å². The third kappa shape index (κ3) is 6.25. The van der Waals surface area contributed by atoms with E-state index in [2.05, 4.69) is 35.5 Å². The van der Waals surface area contributed by atoms with E-state index in [4.69, 9.17) is 0 Å². The van der Waals surface area contributed by atoms with Gasteiger partial charge < -0.3 is 10.6 Å². The quantitative estimate of drug-likeness (QED) is 0.345. The Bertz CT molecular complexity index is 1360. The molecule has 3 atom stereocenters. The van der Waals surface area contributed by atoms with Crippen LogP contribution in [0.1, 0.15) is 91.5 Å². The van der Waals surface area contributed by atoms with Gasteiger partial charge in [-0.1, -0.05) is 12.1 Å². The van der Waals surface area contributed by atoms with E-state index < -0.39 is 42.2 Å². The van der Waals surface area contributed by atoms with Crippen molar-refractivity contribution in [2.45, 2.75) is 83.2 Å². The number of carbonyl (C=O) groups excluding carboxylic acids is 2. The molecule has 0 saturated heterocycles. The van der Waals surface area contributed by atoms with Gasteiger partial charge in [0.1, 0.15) is 5.69 Å². The fraction of sp³-hybridized carbons (Fsp3) is 0.615. The second-order valence-corrected chi connectivity index (χ2v) is 11.0. The van der Waals surface area contributed by atoms with Gasteiger partial charge in [0.2, 0.25) is 24.0 Å². The Kier molecular flexibility index (Phi) is 7.78. The van der Waals surface area contributed by atoms with Gasteiger partial charge in [0, 0.05) is 37.6 Å². The summed E-state index contributed by atoms with van der Waals surface area (Å²) in [7, 11) is 0. The van der Waals surface area contributed by atoms with Gasteiger partial charge in [0.25, 0.3) is 5.91 Å². The molecule has 2 aliphatic carbocycles. The molecule has 3 aromatic heterocycles. The molecule has 216 valence electrons. The predicted molar refractivity (Wildman–Crippen MR) is 133 cm³/mol. The maximum Gasteiger partial charge on any atom is 0.276 e. The number of fused-ring (bicyclic) bond motifs is 1. The highest BCUT2D eigenvalue weighted by molar-refractivity contribution is 5.93. The zero-order valence-corrected chi connectivity index (χ0v) is 22.1. The van der Waals surface area contributed by atoms with Crippen LogP contribution in [0.3, 0.4) is 0 Å². The van der Waals surface area contributed by atoms with Crippen molar-refractivity contribution >= 4 is 17.6 Å². The average molecular weight is 566 g/mol. The highest BCUT2D eigenvalue weighted by Crippen LogP contribution is 2.42. The highest BCUT2D eigenvalue weighted by Gasteiger charge is 2.40. The Hall–Kier alpha value is -3.58. The minimum Gasteiger partial charge on any atom is -0.347 e. The number of alkyl halides is 4. The summed E-state index contributed by atoms with van der Waals surface area (Å²) >= 11 is 0. The van der Waals surface area contributed by atoms with Crippen LogP contribution in [-0.2, 0) is 4.79 Å². The summed E-state index contributed by atoms with van der Waals surface area (Å²) in [6.07, 6.45) is 2.06. The molecule has 2 N–H and O–H groups in total. The molecule has 3 aromatic rings. The molecule has 0 aliphatic heterocycles. The molecule has 2 amide bonds. The Morgan fingerprint density at radius 2 is 1.70 bits per heavy atom. The Labute approximate surface area is 227 Å². The molecule has 0 spiro atoms. The van der Waals surface area contributed by atoms with E-state index in [9.17, 15) is 27.2 Å². The monoisotopic (exact) mass is 565 g/mol. The number of hydrogen-bond donors (Lipinski definition) is 2. The molecule has 0 radical (unpaired) electrons. The fourth-order valence-corrected chi connectivity index (χ4v) is 5.18. The zero-order valence-electron chi connectivity index (χ0n) is 22.1. The van der Waals surface area contributed by atoms with Crippen molar-refractivity contribution in [1.29, 1.82) is 0 Å². The van der Waals surface area contributed by atoms with E-state index in [0.29, 0.717) is 22.9 Å². The van der Waals surface area contributed by atoms with Gasteiger partial charge in [-0.25, -0.2) is 32.2 Å². The van der Waals surface area contributed by atoms with Crippen molar-refractivity contribution < 1.29 is 31.8 Å². The summed E-state index contributed by atoms with van der Waals surface area (Å²) in [4.78, 5) is 34.7. The predicted octanol–water partition coefficient (Wildman–Crippen LogP) is 4.58. The second kappa shape index (κ2) is 11.1. The summed E-state index contributed by atoms with van der Waals surface area (Å²) in [6.45, 7) is 2.90. The first-order valence-electron chi connectivity index (χ1n) is 13.4. The lowest BCUT2D eigenvalue weighted by atomic mass is 9.81. The van der Waals surface area contributed by atoms with Crippen molar-refractivity contribution in [3.63, 3.8) is 0 Å². The van der Waals surface area contributed by atoms with Gasteiger partial charge in [0.15, 0.2) is 5.69 Å². The molecular formula is C26H31F4N7O3. The number of aryl methyl sites for hydroxylation is 1. The summed E-state index contributed by atoms with van der Waals surface area (Å²) in [5, 5.41) is 13.0. The zero-order chi connectivity index (χ0) is 28.6. The topological polar surface area (TPSA) is 127 Å². The van der Waals surface area contributed by atoms with Crippen molar-refractivity contribution in [1.82, 2.24) is 35.3 Å². The first kappa shape index (κ1) is 28.0. The van der Waals surface area contributed by atoms with Crippen LogP contribution < -0.4 is 10.6 Å². The van der Waals surface area contributed by atoms with Gasteiger partial charge in [-0.05, 0) is 55.7 Å². The number of aromatic nitrogens is 5. The van der Waals surface area contributed by atoms with E-state index in [1.54, 1.807) is 29.8 Å². The van der Waals surface area contributed by atoms with Crippen LogP contribution in [0.4, 0.5) is 17.6 Å². The van der Waals surface area contributed by atoms with E-state index in [1.165, 1.54) is 6.92 Å². The molecule has 10 nitrogen and oxygen atoms in total. The summed E-state index contributed by atoms with van der Waals surface area (Å²) < 4.78 is 60.0. The van der Waals surface area contributed by atoms with Crippen LogP contribution in [0.5, 0.6) is 0 Å². The molecule has 14 heteroatoms. The van der Waals surface area contributed by atoms with Crippen molar-refractivity contribution in [3.05, 3.63) is 41.2 Å². The molecule has 1 unspecified atom stereocenters. The lowest BCUT2D eigenvalue weighted by Gasteiger charge is -2.33. The number of hydrogen-bond acceptors (Lipinski definition) is 7. The lowest BCUT2D eigenvalue weighted by Crippen LogP contribution is -2.37. The molecule has 5 rings (SSSR count). The molecule has 2 aliphatic rings. The third-order valence-corrected chi connectivity index (χ3v) is 7.74. The number of imidazole rings is 1. The Morgan fingerprint density at radius 3 is 2.33 bits per heavy atom. The summed E-state index contributed by atoms with van der Waals surface area (Å²) in [5.41, 5.74) is 1.29. The minimum atomic E-state index is -2.75. The lowest BCUT2D eigenvalue weighted by molar-refractivity contribution is -0.124. The van der Waals surface area contributed by atoms with E-state index >= 15 is 0 Å². The molecule has 40 heavy (non-hydrogen) atoms. The molecule has 0 bridgehead atoms. The first-order chi connectivity index (χ1) is 19.0. The molecule has 0 aromatic carbocycles. The van der Waals surface area contributed by atoms with Crippen LogP contribution in [-0.4, -0.2) is 48.8 Å². The standard InChI is InChI=1S/C26H31F4N7O3/c1-13(23(27)28)11-19(38)33-21(15-3-4-15)17-7-10-37-12-18(32-25(37)31-17)22(16-5-8-26(29,30)9-6-16)34-24(39)20-14(2)35-40-36-20/h7,10,12-13,15-16,21-23H,3-6,8-9,11H2,1-2H3,(H,33,38)(H,34,39)/t13-,21?,22-/m0/s1. The smallest absolute Gasteiger partial charge is 0.276 e. The van der Waals surface area contributed by atoms with Crippen LogP contribution in [0.15, 0.2) is 23.1 Å². The van der Waals surface area contributed by atoms with E-state index in [0.717, 1.165) is 12.8 Å². The van der Waals surface area contributed by atoms with Crippen molar-refractivity contribution in [2.75, 3.05) is 0 Å². The van der Waals surface area contributed by atoms with E-state index in [1.807, 2.05) is 0 Å². The molecular weight excluding hydrogens is 534 g/mol. The van der Waals surface area contributed by atoms with Crippen molar-refractivity contribution in [3.8, 4) is 0 Å². The first-order valence-corrected chi connectivity index (χ1v) is 13.4. The van der Waals surface area contributed by atoms with Crippen LogP contribution in [0, 0.1) is 24.7 Å². The number of nitrogens with zero attached hydrogens (tertiary/aromatic N) is 5. The third-order valence-electron chi connectivity index (χ3n) is 7.74. The Balaban J connectivity index is 1.40. The van der Waals surface area contributed by atoms with Gasteiger partial charge >= 0.3 is 0 Å². The number of halogens is 4. The van der Waals surface area contributed by atoms with Crippen LogP contribution >= 0.6 is 0 Å². The molecule has 3 heterocycles. The SMILES string of the molecule is Cc1nonc1C(=O)N[C@H](c1cn2ccc(C(NC(=O)C[C@H](C)C(F)F)C3CC3)nc2n1)C1CCC(F)(F)CC1. The second-order valence-electron chi connectivity index (χ2n) is 11.0. The largest absolute Gasteiger partial charge is 0.347 e. The average Bonchev–Trinajstić information content (AvgIpc) is 3.51. The number of amides is 2. The number of nitrogens with one attached hydrogen (secondary N) is 2. The highest BCUT2D eigenvalue weighted by atomic mass is 19.3.